The van der Waals surface area contributed by atoms with Crippen LogP contribution in [0.2, 0.25) is 0 Å². The van der Waals surface area contributed by atoms with E-state index in [9.17, 15) is 8.78 Å². The lowest BCUT2D eigenvalue weighted by Crippen LogP contribution is -2.10. The van der Waals surface area contributed by atoms with Gasteiger partial charge in [-0.05, 0) is 19.1 Å². The van der Waals surface area contributed by atoms with Crippen LogP contribution in [-0.2, 0) is 0 Å². The van der Waals surface area contributed by atoms with Gasteiger partial charge in [0, 0.05) is 17.8 Å². The van der Waals surface area contributed by atoms with Crippen molar-refractivity contribution in [3.63, 3.8) is 0 Å². The SMILES string of the molecule is C[C@H](N)c1cncn1-c1ccc(F)c(F)c1. The quantitative estimate of drug-likeness (QED) is 0.847. The van der Waals surface area contributed by atoms with E-state index in [-0.39, 0.29) is 6.04 Å². The Morgan fingerprint density at radius 2 is 2.06 bits per heavy atom. The van der Waals surface area contributed by atoms with Crippen LogP contribution in [0, 0.1) is 11.6 Å². The Bertz CT molecular complexity index is 506. The Morgan fingerprint density at radius 3 is 2.69 bits per heavy atom. The highest BCUT2D eigenvalue weighted by Crippen LogP contribution is 2.17. The molecule has 1 atom stereocenters. The number of imidazole rings is 1. The van der Waals surface area contributed by atoms with Gasteiger partial charge in [0.2, 0.25) is 0 Å². The molecule has 2 aromatic rings. The molecule has 0 bridgehead atoms. The minimum Gasteiger partial charge on any atom is -0.323 e. The molecule has 0 radical (unpaired) electrons. The van der Waals surface area contributed by atoms with Crippen LogP contribution >= 0.6 is 0 Å². The lowest BCUT2D eigenvalue weighted by molar-refractivity contribution is 0.507. The van der Waals surface area contributed by atoms with E-state index in [0.717, 1.165) is 17.8 Å². The van der Waals surface area contributed by atoms with E-state index in [2.05, 4.69) is 4.98 Å². The number of hydrogen-bond acceptors (Lipinski definition) is 2. The Balaban J connectivity index is 2.50. The Kier molecular flexibility index (Phi) is 2.70. The van der Waals surface area contributed by atoms with Gasteiger partial charge in [0.1, 0.15) is 0 Å². The number of aromatic nitrogens is 2. The van der Waals surface area contributed by atoms with Gasteiger partial charge in [0.25, 0.3) is 0 Å². The smallest absolute Gasteiger partial charge is 0.160 e. The van der Waals surface area contributed by atoms with Crippen LogP contribution in [0.3, 0.4) is 0 Å². The van der Waals surface area contributed by atoms with E-state index >= 15 is 0 Å². The molecule has 1 aromatic heterocycles. The van der Waals surface area contributed by atoms with Crippen molar-refractivity contribution in [3.05, 3.63) is 48.1 Å². The standard InChI is InChI=1S/C11H11F2N3/c1-7(14)11-5-15-6-16(11)8-2-3-9(12)10(13)4-8/h2-7H,14H2,1H3/t7-/m0/s1. The van der Waals surface area contributed by atoms with Gasteiger partial charge in [-0.2, -0.15) is 0 Å². The van der Waals surface area contributed by atoms with Crippen molar-refractivity contribution in [1.82, 2.24) is 9.55 Å². The molecular formula is C11H11F2N3. The summed E-state index contributed by atoms with van der Waals surface area (Å²) in [6, 6.07) is 3.44. The lowest BCUT2D eigenvalue weighted by Gasteiger charge is -2.10. The van der Waals surface area contributed by atoms with E-state index < -0.39 is 11.6 Å². The van der Waals surface area contributed by atoms with Crippen LogP contribution in [0.4, 0.5) is 8.78 Å². The number of nitrogens with zero attached hydrogens (tertiary/aromatic N) is 2. The van der Waals surface area contributed by atoms with Crippen molar-refractivity contribution >= 4 is 0 Å². The number of hydrogen-bond donors (Lipinski definition) is 1. The second-order valence-electron chi connectivity index (χ2n) is 3.58. The van der Waals surface area contributed by atoms with Gasteiger partial charge in [0.15, 0.2) is 11.6 Å². The predicted molar refractivity (Wildman–Crippen MR) is 56.1 cm³/mol. The molecule has 0 aliphatic heterocycles. The molecule has 0 unspecified atom stereocenters. The zero-order valence-electron chi connectivity index (χ0n) is 8.69. The van der Waals surface area contributed by atoms with Gasteiger partial charge < -0.3 is 10.3 Å². The maximum absolute atomic E-state index is 13.1. The highest BCUT2D eigenvalue weighted by atomic mass is 19.2. The summed E-state index contributed by atoms with van der Waals surface area (Å²) in [6.45, 7) is 1.80. The summed E-state index contributed by atoms with van der Waals surface area (Å²) in [4.78, 5) is 3.94. The highest BCUT2D eigenvalue weighted by Gasteiger charge is 2.10. The molecule has 0 amide bonds. The zero-order chi connectivity index (χ0) is 11.7. The lowest BCUT2D eigenvalue weighted by atomic mass is 10.2. The number of halogens is 2. The maximum Gasteiger partial charge on any atom is 0.160 e. The molecule has 0 spiro atoms. The number of benzene rings is 1. The van der Waals surface area contributed by atoms with Gasteiger partial charge in [-0.3, -0.25) is 0 Å². The molecule has 0 aliphatic rings. The third kappa shape index (κ3) is 1.81. The Hall–Kier alpha value is -1.75. The van der Waals surface area contributed by atoms with Crippen LogP contribution < -0.4 is 5.73 Å². The summed E-state index contributed by atoms with van der Waals surface area (Å²) in [7, 11) is 0. The van der Waals surface area contributed by atoms with Crippen LogP contribution in [-0.4, -0.2) is 9.55 Å². The molecule has 84 valence electrons. The average molecular weight is 223 g/mol. The van der Waals surface area contributed by atoms with Crippen LogP contribution in [0.15, 0.2) is 30.7 Å². The first-order valence-electron chi connectivity index (χ1n) is 4.83. The molecule has 3 nitrogen and oxygen atoms in total. The Morgan fingerprint density at radius 1 is 1.31 bits per heavy atom. The summed E-state index contributed by atoms with van der Waals surface area (Å²) in [5.41, 5.74) is 6.98. The van der Waals surface area contributed by atoms with Crippen molar-refractivity contribution in [3.8, 4) is 5.69 Å². The topological polar surface area (TPSA) is 43.8 Å². The second kappa shape index (κ2) is 4.02. The normalized spacial score (nSPS) is 12.8. The van der Waals surface area contributed by atoms with Crippen molar-refractivity contribution in [2.45, 2.75) is 13.0 Å². The van der Waals surface area contributed by atoms with E-state index in [0.29, 0.717) is 5.69 Å². The first-order chi connectivity index (χ1) is 7.59. The van der Waals surface area contributed by atoms with Gasteiger partial charge in [0.05, 0.1) is 18.2 Å². The predicted octanol–water partition coefficient (Wildman–Crippen LogP) is 2.17. The van der Waals surface area contributed by atoms with Crippen molar-refractivity contribution in [1.29, 1.82) is 0 Å². The molecule has 5 heteroatoms. The fourth-order valence-electron chi connectivity index (χ4n) is 1.49. The summed E-state index contributed by atoms with van der Waals surface area (Å²) in [5, 5.41) is 0. The highest BCUT2D eigenvalue weighted by molar-refractivity contribution is 5.35. The molecule has 0 fully saturated rings. The molecule has 1 heterocycles. The molecule has 2 rings (SSSR count). The summed E-state index contributed by atoms with van der Waals surface area (Å²) < 4.78 is 27.5. The largest absolute Gasteiger partial charge is 0.323 e. The van der Waals surface area contributed by atoms with Crippen molar-refractivity contribution < 1.29 is 8.78 Å². The zero-order valence-corrected chi connectivity index (χ0v) is 8.69. The first kappa shape index (κ1) is 10.8. The third-order valence-corrected chi connectivity index (χ3v) is 2.31. The Labute approximate surface area is 91.5 Å². The van der Waals surface area contributed by atoms with E-state index in [1.54, 1.807) is 17.7 Å². The summed E-state index contributed by atoms with van der Waals surface area (Å²) in [6.07, 6.45) is 3.12. The fraction of sp³-hybridized carbons (Fsp3) is 0.182. The van der Waals surface area contributed by atoms with Gasteiger partial charge in [-0.15, -0.1) is 0 Å². The average Bonchev–Trinajstić information content (AvgIpc) is 2.71. The van der Waals surface area contributed by atoms with Crippen LogP contribution in [0.5, 0.6) is 0 Å². The summed E-state index contributed by atoms with van der Waals surface area (Å²) in [5.74, 6) is -1.76. The van der Waals surface area contributed by atoms with Crippen molar-refractivity contribution in [2.24, 2.45) is 5.73 Å². The molecular weight excluding hydrogens is 212 g/mol. The molecule has 0 saturated heterocycles. The van der Waals surface area contributed by atoms with Crippen LogP contribution in [0.1, 0.15) is 18.7 Å². The minimum atomic E-state index is -0.887. The van der Waals surface area contributed by atoms with Crippen LogP contribution in [0.25, 0.3) is 5.69 Å². The van der Waals surface area contributed by atoms with Gasteiger partial charge >= 0.3 is 0 Å². The monoisotopic (exact) mass is 223 g/mol. The van der Waals surface area contributed by atoms with E-state index in [4.69, 9.17) is 5.73 Å². The first-order valence-corrected chi connectivity index (χ1v) is 4.83. The summed E-state index contributed by atoms with van der Waals surface area (Å²) >= 11 is 0. The molecule has 2 N–H and O–H groups in total. The molecule has 16 heavy (non-hydrogen) atoms. The molecule has 0 saturated carbocycles. The molecule has 0 aliphatic carbocycles. The van der Waals surface area contributed by atoms with E-state index in [1.807, 2.05) is 0 Å². The van der Waals surface area contributed by atoms with E-state index in [1.165, 1.54) is 12.4 Å². The number of rotatable bonds is 2. The second-order valence-corrected chi connectivity index (χ2v) is 3.58. The van der Waals surface area contributed by atoms with Gasteiger partial charge in [-0.25, -0.2) is 13.8 Å². The third-order valence-electron chi connectivity index (χ3n) is 2.31. The minimum absolute atomic E-state index is 0.226. The molecule has 1 aromatic carbocycles. The maximum atomic E-state index is 13.1. The number of nitrogens with two attached hydrogens (primary N) is 1. The fourth-order valence-corrected chi connectivity index (χ4v) is 1.49. The van der Waals surface area contributed by atoms with Gasteiger partial charge in [-0.1, -0.05) is 0 Å². The van der Waals surface area contributed by atoms with Crippen molar-refractivity contribution in [2.75, 3.05) is 0 Å².